The van der Waals surface area contributed by atoms with Crippen LogP contribution in [0.15, 0.2) is 42.7 Å². The van der Waals surface area contributed by atoms with Crippen LogP contribution in [0.25, 0.3) is 0 Å². The van der Waals surface area contributed by atoms with Crippen molar-refractivity contribution in [3.8, 4) is 0 Å². The summed E-state index contributed by atoms with van der Waals surface area (Å²) in [6.45, 7) is 8.75. The van der Waals surface area contributed by atoms with Gasteiger partial charge in [0.15, 0.2) is 0 Å². The van der Waals surface area contributed by atoms with E-state index >= 15 is 0 Å². The van der Waals surface area contributed by atoms with Gasteiger partial charge in [0.25, 0.3) is 0 Å². The Balaban J connectivity index is 0.00000162. The Morgan fingerprint density at radius 3 is 1.33 bits per heavy atom. The number of rotatable bonds is 2. The van der Waals surface area contributed by atoms with E-state index in [-0.39, 0.29) is 21.7 Å². The fourth-order valence-electron chi connectivity index (χ4n) is 2.50. The molecule has 0 saturated heterocycles. The predicted molar refractivity (Wildman–Crippen MR) is 80.3 cm³/mol. The Kier molecular flexibility index (Phi) is 5.77. The van der Waals surface area contributed by atoms with Crippen molar-refractivity contribution in [1.82, 2.24) is 0 Å². The molecule has 0 aromatic heterocycles. The Morgan fingerprint density at radius 2 is 1.11 bits per heavy atom. The molecule has 0 heterocycles. The molecule has 0 saturated carbocycles. The molecule has 4 heteroatoms. The average Bonchev–Trinajstić information content (AvgIpc) is 2.62. The molecule has 0 unspecified atom stereocenters. The Hall–Kier alpha value is 0.471. The van der Waals surface area contributed by atoms with Gasteiger partial charge >= 0.3 is 0 Å². The van der Waals surface area contributed by atoms with E-state index < -0.39 is 9.52 Å². The van der Waals surface area contributed by atoms with E-state index in [1.54, 1.807) is 0 Å². The summed E-state index contributed by atoms with van der Waals surface area (Å²) in [6.07, 6.45) is 1.89. The van der Waals surface area contributed by atoms with E-state index in [2.05, 4.69) is 27.7 Å². The standard InChI is InChI=1S/C14H18Cl2Si.Ti/c1-7-5-11(15)13(9(7)3)17-14-10(4)8(2)6-12(14)16;/h5-6,17H2,1-4H3;. The molecule has 2 aliphatic carbocycles. The molecule has 0 aliphatic heterocycles. The molecule has 0 bridgehead atoms. The van der Waals surface area contributed by atoms with Crippen molar-refractivity contribution in [2.75, 3.05) is 0 Å². The maximum atomic E-state index is 6.37. The fourth-order valence-corrected chi connectivity index (χ4v) is 5.71. The Bertz CT molecular complexity index is 464. The third-order valence-corrected chi connectivity index (χ3v) is 7.83. The van der Waals surface area contributed by atoms with Crippen LogP contribution in [0.3, 0.4) is 0 Å². The van der Waals surface area contributed by atoms with E-state index in [0.717, 1.165) is 22.9 Å². The van der Waals surface area contributed by atoms with Gasteiger partial charge in [-0.2, -0.15) is 0 Å². The van der Waals surface area contributed by atoms with Crippen LogP contribution < -0.4 is 0 Å². The van der Waals surface area contributed by atoms with Crippen LogP contribution in [0.1, 0.15) is 40.5 Å². The van der Waals surface area contributed by atoms with Crippen LogP contribution in [0.5, 0.6) is 0 Å². The van der Waals surface area contributed by atoms with Crippen molar-refractivity contribution < 1.29 is 21.7 Å². The maximum absolute atomic E-state index is 6.37. The molecule has 2 aliphatic rings. The first-order valence-electron chi connectivity index (χ1n) is 6.00. The van der Waals surface area contributed by atoms with Crippen LogP contribution in [0.2, 0.25) is 0 Å². The summed E-state index contributed by atoms with van der Waals surface area (Å²) in [4.78, 5) is 0. The summed E-state index contributed by atoms with van der Waals surface area (Å²) in [7, 11) is -0.510. The molecule has 0 nitrogen and oxygen atoms in total. The number of hydrogen-bond donors (Lipinski definition) is 0. The average molecular weight is 333 g/mol. The first-order valence-corrected chi connectivity index (χ1v) is 8.17. The van der Waals surface area contributed by atoms with Gasteiger partial charge in [-0.15, -0.1) is 0 Å². The molecule has 0 aromatic carbocycles. The molecule has 2 rings (SSSR count). The minimum Gasteiger partial charge on any atom is -0.0889 e. The zero-order valence-electron chi connectivity index (χ0n) is 11.4. The van der Waals surface area contributed by atoms with Gasteiger partial charge in [-0.1, -0.05) is 45.5 Å². The van der Waals surface area contributed by atoms with Gasteiger partial charge in [0, 0.05) is 44.6 Å². The normalized spacial score (nSPS) is 20.3. The van der Waals surface area contributed by atoms with E-state index in [4.69, 9.17) is 23.2 Å². The third-order valence-electron chi connectivity index (χ3n) is 4.03. The molecule has 0 spiro atoms. The predicted octanol–water partition coefficient (Wildman–Crippen LogP) is 4.53. The summed E-state index contributed by atoms with van der Waals surface area (Å²) in [5.74, 6) is 0. The van der Waals surface area contributed by atoms with Crippen LogP contribution >= 0.6 is 23.2 Å². The van der Waals surface area contributed by atoms with Gasteiger partial charge < -0.3 is 0 Å². The van der Waals surface area contributed by atoms with Crippen molar-refractivity contribution in [2.24, 2.45) is 0 Å². The van der Waals surface area contributed by atoms with E-state index in [0.29, 0.717) is 0 Å². The monoisotopic (exact) mass is 332 g/mol. The summed E-state index contributed by atoms with van der Waals surface area (Å²) in [5.41, 5.74) is 5.67. The van der Waals surface area contributed by atoms with Gasteiger partial charge in [0.2, 0.25) is 0 Å². The quantitative estimate of drug-likeness (QED) is 0.651. The molecular weight excluding hydrogens is 315 g/mol. The molecule has 0 radical (unpaired) electrons. The van der Waals surface area contributed by atoms with Crippen LogP contribution in [-0.4, -0.2) is 9.52 Å². The smallest absolute Gasteiger partial charge is 0.0889 e. The van der Waals surface area contributed by atoms with Crippen LogP contribution in [0.4, 0.5) is 0 Å². The summed E-state index contributed by atoms with van der Waals surface area (Å²) < 4.78 is 0. The molecule has 0 amide bonds. The van der Waals surface area contributed by atoms with Gasteiger partial charge in [-0.3, -0.25) is 0 Å². The number of allylic oxidation sites excluding steroid dienone is 8. The number of hydrogen-bond acceptors (Lipinski definition) is 0. The molecule has 96 valence electrons. The minimum atomic E-state index is -0.510. The van der Waals surface area contributed by atoms with Crippen molar-refractivity contribution >= 4 is 32.7 Å². The first-order chi connectivity index (χ1) is 7.91. The minimum absolute atomic E-state index is 0. The topological polar surface area (TPSA) is 0 Å². The second kappa shape index (κ2) is 6.28. The van der Waals surface area contributed by atoms with Crippen molar-refractivity contribution in [3.05, 3.63) is 42.7 Å². The van der Waals surface area contributed by atoms with Crippen LogP contribution in [-0.2, 0) is 21.7 Å². The van der Waals surface area contributed by atoms with Crippen LogP contribution in [0, 0.1) is 0 Å². The third kappa shape index (κ3) is 2.96. The molecular formula is C14H18Cl2SiTi. The number of halogens is 2. The summed E-state index contributed by atoms with van der Waals surface area (Å²) in [5, 5.41) is 4.96. The van der Waals surface area contributed by atoms with E-state index in [1.807, 2.05) is 0 Å². The van der Waals surface area contributed by atoms with Crippen molar-refractivity contribution in [1.29, 1.82) is 0 Å². The molecule has 0 aromatic rings. The summed E-state index contributed by atoms with van der Waals surface area (Å²) in [6, 6.07) is 0. The van der Waals surface area contributed by atoms with Gasteiger partial charge in [-0.05, 0) is 38.1 Å². The zero-order valence-corrected chi connectivity index (χ0v) is 15.9. The van der Waals surface area contributed by atoms with Crippen molar-refractivity contribution in [3.63, 3.8) is 0 Å². The fraction of sp³-hybridized carbons (Fsp3) is 0.429. The molecule has 18 heavy (non-hydrogen) atoms. The van der Waals surface area contributed by atoms with E-state index in [1.165, 1.54) is 32.7 Å². The van der Waals surface area contributed by atoms with Gasteiger partial charge in [-0.25, -0.2) is 0 Å². The maximum Gasteiger partial charge on any atom is 0.0912 e. The molecule has 0 atom stereocenters. The Labute approximate surface area is 137 Å². The zero-order chi connectivity index (χ0) is 12.7. The SMILES string of the molecule is CC1=C(C)C([SiH2]C2=C(Cl)CC(C)=C2C)=C(Cl)C1.[Ti]. The second-order valence-corrected chi connectivity index (χ2v) is 7.79. The largest absolute Gasteiger partial charge is 0.0912 e. The van der Waals surface area contributed by atoms with Crippen molar-refractivity contribution in [2.45, 2.75) is 40.5 Å². The Morgan fingerprint density at radius 1 is 0.778 bits per heavy atom. The van der Waals surface area contributed by atoms with Gasteiger partial charge in [0.05, 0.1) is 9.52 Å². The molecule has 0 N–H and O–H groups in total. The summed E-state index contributed by atoms with van der Waals surface area (Å²) >= 11 is 12.7. The van der Waals surface area contributed by atoms with E-state index in [9.17, 15) is 0 Å². The molecule has 0 fully saturated rings. The van der Waals surface area contributed by atoms with Gasteiger partial charge in [0.1, 0.15) is 0 Å². The first kappa shape index (κ1) is 16.5. The second-order valence-electron chi connectivity index (χ2n) is 5.11.